The van der Waals surface area contributed by atoms with Crippen molar-refractivity contribution in [2.45, 2.75) is 50.8 Å². The van der Waals surface area contributed by atoms with Crippen molar-refractivity contribution in [2.24, 2.45) is 5.92 Å². The van der Waals surface area contributed by atoms with Crippen LogP contribution in [-0.4, -0.2) is 13.2 Å². The Morgan fingerprint density at radius 2 is 1.86 bits per heavy atom. The van der Waals surface area contributed by atoms with E-state index in [-0.39, 0.29) is 4.83 Å². The first-order chi connectivity index (χ1) is 10.2. The predicted molar refractivity (Wildman–Crippen MR) is 92.0 cm³/mol. The van der Waals surface area contributed by atoms with E-state index in [1.807, 2.05) is 6.07 Å². The highest BCUT2D eigenvalue weighted by Gasteiger charge is 2.23. The van der Waals surface area contributed by atoms with Crippen LogP contribution < -0.4 is 9.47 Å². The van der Waals surface area contributed by atoms with Crippen molar-refractivity contribution in [3.8, 4) is 11.5 Å². The van der Waals surface area contributed by atoms with Gasteiger partial charge in [-0.1, -0.05) is 60.6 Å². The van der Waals surface area contributed by atoms with Gasteiger partial charge in [-0.2, -0.15) is 0 Å². The van der Waals surface area contributed by atoms with Crippen LogP contribution in [0.15, 0.2) is 12.1 Å². The van der Waals surface area contributed by atoms with Gasteiger partial charge in [0.05, 0.1) is 13.2 Å². The summed E-state index contributed by atoms with van der Waals surface area (Å²) in [6.45, 7) is 5.87. The van der Waals surface area contributed by atoms with Gasteiger partial charge in [-0.05, 0) is 24.0 Å². The van der Waals surface area contributed by atoms with Gasteiger partial charge in [-0.25, -0.2) is 0 Å². The van der Waals surface area contributed by atoms with E-state index in [1.54, 1.807) is 0 Å². The number of halogens is 2. The summed E-state index contributed by atoms with van der Waals surface area (Å²) in [7, 11) is 0. The Morgan fingerprint density at radius 3 is 2.48 bits per heavy atom. The third-order valence-electron chi connectivity index (χ3n) is 4.03. The van der Waals surface area contributed by atoms with Gasteiger partial charge in [-0.15, -0.1) is 0 Å². The molecule has 0 saturated heterocycles. The summed E-state index contributed by atoms with van der Waals surface area (Å²) >= 11 is 10.3. The van der Waals surface area contributed by atoms with Crippen LogP contribution in [0.25, 0.3) is 0 Å². The molecule has 1 aliphatic rings. The van der Waals surface area contributed by atoms with Crippen molar-refractivity contribution in [1.29, 1.82) is 0 Å². The number of rotatable bonds is 6. The average molecular weight is 376 g/mol. The number of alkyl halides is 1. The first-order valence-electron chi connectivity index (χ1n) is 7.90. The number of hydrogen-bond donors (Lipinski definition) is 0. The summed E-state index contributed by atoms with van der Waals surface area (Å²) in [5.74, 6) is 2.18. The molecule has 0 saturated carbocycles. The minimum atomic E-state index is 0.263. The van der Waals surface area contributed by atoms with E-state index in [0.717, 1.165) is 34.9 Å². The Balaban J connectivity index is 2.23. The fraction of sp³-hybridized carbons (Fsp3) is 0.647. The number of benzene rings is 1. The number of fused-ring (bicyclic) bond motifs is 1. The van der Waals surface area contributed by atoms with Gasteiger partial charge in [0.25, 0.3) is 0 Å². The Kier molecular flexibility index (Phi) is 6.69. The molecule has 1 aromatic carbocycles. The van der Waals surface area contributed by atoms with E-state index in [0.29, 0.717) is 19.1 Å². The van der Waals surface area contributed by atoms with E-state index in [1.165, 1.54) is 19.3 Å². The summed E-state index contributed by atoms with van der Waals surface area (Å²) < 4.78 is 11.5. The quantitative estimate of drug-likeness (QED) is 0.555. The smallest absolute Gasteiger partial charge is 0.162 e. The van der Waals surface area contributed by atoms with Gasteiger partial charge < -0.3 is 9.47 Å². The molecular formula is C17H24BrClO2. The van der Waals surface area contributed by atoms with Crippen molar-refractivity contribution in [1.82, 2.24) is 0 Å². The molecule has 0 spiro atoms. The largest absolute Gasteiger partial charge is 0.490 e. The first-order valence-corrected chi connectivity index (χ1v) is 9.19. The van der Waals surface area contributed by atoms with Gasteiger partial charge in [-0.3, -0.25) is 0 Å². The Bertz CT molecular complexity index is 464. The normalized spacial score (nSPS) is 17.1. The van der Waals surface area contributed by atoms with Gasteiger partial charge in [0.1, 0.15) is 0 Å². The summed E-state index contributed by atoms with van der Waals surface area (Å²) in [5.41, 5.74) is 1.11. The molecule has 0 bridgehead atoms. The van der Waals surface area contributed by atoms with Crippen LogP contribution in [0.4, 0.5) is 0 Å². The van der Waals surface area contributed by atoms with Crippen molar-refractivity contribution in [2.75, 3.05) is 13.2 Å². The van der Waals surface area contributed by atoms with Crippen LogP contribution in [0, 0.1) is 5.92 Å². The van der Waals surface area contributed by atoms with Crippen LogP contribution in [0.5, 0.6) is 11.5 Å². The second-order valence-electron chi connectivity index (χ2n) is 5.58. The van der Waals surface area contributed by atoms with Crippen molar-refractivity contribution < 1.29 is 9.47 Å². The fourth-order valence-electron chi connectivity index (χ4n) is 2.69. The zero-order valence-corrected chi connectivity index (χ0v) is 15.2. The lowest BCUT2D eigenvalue weighted by Crippen LogP contribution is -2.08. The molecule has 2 unspecified atom stereocenters. The molecule has 0 fully saturated rings. The second kappa shape index (κ2) is 8.28. The van der Waals surface area contributed by atoms with E-state index in [4.69, 9.17) is 21.1 Å². The molecule has 2 nitrogen and oxygen atoms in total. The van der Waals surface area contributed by atoms with Gasteiger partial charge in [0.15, 0.2) is 11.5 Å². The number of hydrogen-bond acceptors (Lipinski definition) is 2. The highest BCUT2D eigenvalue weighted by Crippen LogP contribution is 2.44. The minimum Gasteiger partial charge on any atom is -0.490 e. The zero-order valence-electron chi connectivity index (χ0n) is 12.8. The lowest BCUT2D eigenvalue weighted by atomic mass is 9.91. The maximum atomic E-state index is 6.48. The SMILES string of the molecule is CCCCC(CC)C(Br)c1cc2c(cc1Cl)OCCCO2. The molecule has 2 atom stereocenters. The molecule has 0 aromatic heterocycles. The van der Waals surface area contributed by atoms with Crippen molar-refractivity contribution >= 4 is 27.5 Å². The molecule has 4 heteroatoms. The monoisotopic (exact) mass is 374 g/mol. The zero-order chi connectivity index (χ0) is 15.2. The molecule has 1 aliphatic heterocycles. The van der Waals surface area contributed by atoms with Crippen molar-refractivity contribution in [3.05, 3.63) is 22.7 Å². The summed E-state index contributed by atoms with van der Waals surface area (Å²) in [6.07, 6.45) is 5.75. The summed E-state index contributed by atoms with van der Waals surface area (Å²) in [6, 6.07) is 3.95. The van der Waals surface area contributed by atoms with Gasteiger partial charge in [0, 0.05) is 22.3 Å². The van der Waals surface area contributed by atoms with Crippen LogP contribution >= 0.6 is 27.5 Å². The average Bonchev–Trinajstić information content (AvgIpc) is 2.71. The van der Waals surface area contributed by atoms with Crippen LogP contribution in [-0.2, 0) is 0 Å². The summed E-state index contributed by atoms with van der Waals surface area (Å²) in [5, 5.41) is 0.760. The molecule has 1 heterocycles. The third kappa shape index (κ3) is 4.29. The predicted octanol–water partition coefficient (Wildman–Crippen LogP) is 6.15. The lowest BCUT2D eigenvalue weighted by molar-refractivity contribution is 0.297. The van der Waals surface area contributed by atoms with E-state index in [2.05, 4.69) is 35.8 Å². The van der Waals surface area contributed by atoms with E-state index in [9.17, 15) is 0 Å². The molecule has 118 valence electrons. The van der Waals surface area contributed by atoms with Crippen LogP contribution in [0.3, 0.4) is 0 Å². The topological polar surface area (TPSA) is 18.5 Å². The Morgan fingerprint density at radius 1 is 1.19 bits per heavy atom. The Hall–Kier alpha value is -0.410. The maximum absolute atomic E-state index is 6.48. The van der Waals surface area contributed by atoms with Crippen molar-refractivity contribution in [3.63, 3.8) is 0 Å². The maximum Gasteiger partial charge on any atom is 0.162 e. The molecule has 0 aliphatic carbocycles. The van der Waals surface area contributed by atoms with Crippen LogP contribution in [0.2, 0.25) is 5.02 Å². The number of unbranched alkanes of at least 4 members (excludes halogenated alkanes) is 1. The molecule has 21 heavy (non-hydrogen) atoms. The van der Waals surface area contributed by atoms with Gasteiger partial charge in [0.2, 0.25) is 0 Å². The molecule has 2 rings (SSSR count). The molecule has 0 amide bonds. The molecule has 0 radical (unpaired) electrons. The third-order valence-corrected chi connectivity index (χ3v) is 5.60. The van der Waals surface area contributed by atoms with Gasteiger partial charge >= 0.3 is 0 Å². The lowest BCUT2D eigenvalue weighted by Gasteiger charge is -2.23. The minimum absolute atomic E-state index is 0.263. The highest BCUT2D eigenvalue weighted by atomic mass is 79.9. The highest BCUT2D eigenvalue weighted by molar-refractivity contribution is 9.09. The van der Waals surface area contributed by atoms with E-state index < -0.39 is 0 Å². The molecule has 1 aromatic rings. The fourth-order valence-corrected chi connectivity index (χ4v) is 4.11. The first kappa shape index (κ1) is 17.0. The van der Waals surface area contributed by atoms with Crippen LogP contribution in [0.1, 0.15) is 56.3 Å². The number of ether oxygens (including phenoxy) is 2. The molecule has 0 N–H and O–H groups in total. The second-order valence-corrected chi connectivity index (χ2v) is 6.98. The standard InChI is InChI=1S/C17H24BrClO2/c1-3-5-7-12(4-2)17(18)13-10-15-16(11-14(13)19)21-9-6-8-20-15/h10-12,17H,3-9H2,1-2H3. The van der Waals surface area contributed by atoms with E-state index >= 15 is 0 Å². The summed E-state index contributed by atoms with van der Waals surface area (Å²) in [4.78, 5) is 0.263. The molecular weight excluding hydrogens is 352 g/mol. The Labute approximate surface area is 141 Å².